The molecule has 1 saturated carbocycles. The smallest absolute Gasteiger partial charge is 0.372 e. The van der Waals surface area contributed by atoms with E-state index in [9.17, 15) is 10.1 Å². The first-order valence-electron chi connectivity index (χ1n) is 8.63. The fraction of sp³-hybridized carbons (Fsp3) is 0.273. The van der Waals surface area contributed by atoms with E-state index in [1.807, 2.05) is 26.0 Å². The Morgan fingerprint density at radius 1 is 1.12 bits per heavy atom. The highest BCUT2D eigenvalue weighted by Crippen LogP contribution is 2.43. The fourth-order valence-corrected chi connectivity index (χ4v) is 2.88. The molecule has 2 aromatic rings. The van der Waals surface area contributed by atoms with Crippen molar-refractivity contribution >= 4 is 5.97 Å². The molecule has 1 fully saturated rings. The van der Waals surface area contributed by atoms with E-state index in [1.54, 1.807) is 48.5 Å². The van der Waals surface area contributed by atoms with Crippen LogP contribution in [0.25, 0.3) is 0 Å². The van der Waals surface area contributed by atoms with Crippen molar-refractivity contribution in [1.82, 2.24) is 0 Å². The van der Waals surface area contributed by atoms with E-state index >= 15 is 0 Å². The van der Waals surface area contributed by atoms with Gasteiger partial charge in [0.25, 0.3) is 0 Å². The Morgan fingerprint density at radius 2 is 1.73 bits per heavy atom. The molecule has 0 spiro atoms. The molecule has 4 nitrogen and oxygen atoms in total. The lowest BCUT2D eigenvalue weighted by Gasteiger charge is -2.27. The number of allylic oxidation sites excluding steroid dienone is 2. The van der Waals surface area contributed by atoms with Crippen LogP contribution < -0.4 is 4.74 Å². The first-order chi connectivity index (χ1) is 12.5. The van der Waals surface area contributed by atoms with Crippen LogP contribution in [0.1, 0.15) is 25.8 Å². The highest BCUT2D eigenvalue weighted by Gasteiger charge is 2.48. The zero-order valence-corrected chi connectivity index (χ0v) is 14.9. The molecule has 26 heavy (non-hydrogen) atoms. The maximum atomic E-state index is 12.7. The van der Waals surface area contributed by atoms with Gasteiger partial charge in [0, 0.05) is 0 Å². The number of ether oxygens (including phenoxy) is 2. The summed E-state index contributed by atoms with van der Waals surface area (Å²) in [7, 11) is 0. The molecule has 132 valence electrons. The zero-order valence-electron chi connectivity index (χ0n) is 14.9. The van der Waals surface area contributed by atoms with Crippen molar-refractivity contribution in [2.45, 2.75) is 26.1 Å². The zero-order chi connectivity index (χ0) is 18.6. The summed E-state index contributed by atoms with van der Waals surface area (Å²) < 4.78 is 11.5. The highest BCUT2D eigenvalue weighted by molar-refractivity contribution is 5.77. The molecule has 1 aliphatic carbocycles. The van der Waals surface area contributed by atoms with Crippen LogP contribution in [0, 0.1) is 23.2 Å². The number of esters is 1. The number of hydrogen-bond acceptors (Lipinski definition) is 4. The topological polar surface area (TPSA) is 59.3 Å². The fourth-order valence-electron chi connectivity index (χ4n) is 2.88. The molecule has 3 atom stereocenters. The monoisotopic (exact) mass is 347 g/mol. The van der Waals surface area contributed by atoms with Crippen molar-refractivity contribution in [3.63, 3.8) is 0 Å². The number of para-hydroxylation sites is 1. The number of benzene rings is 2. The van der Waals surface area contributed by atoms with E-state index in [-0.39, 0.29) is 11.8 Å². The van der Waals surface area contributed by atoms with Crippen molar-refractivity contribution in [3.8, 4) is 11.8 Å². The van der Waals surface area contributed by atoms with Gasteiger partial charge in [-0.25, -0.2) is 0 Å². The molecule has 0 aromatic heterocycles. The van der Waals surface area contributed by atoms with Crippen molar-refractivity contribution < 1.29 is 14.3 Å². The van der Waals surface area contributed by atoms with Crippen LogP contribution in [0.5, 0.6) is 5.75 Å². The lowest BCUT2D eigenvalue weighted by Crippen LogP contribution is -2.37. The number of nitrogens with zero attached hydrogens (tertiary/aromatic N) is 1. The summed E-state index contributed by atoms with van der Waals surface area (Å²) in [5.74, 6) is -1.80. The van der Waals surface area contributed by atoms with Crippen LogP contribution in [0.4, 0.5) is 0 Å². The quantitative estimate of drug-likeness (QED) is 0.436. The van der Waals surface area contributed by atoms with Gasteiger partial charge in [0.2, 0.25) is 0 Å². The average Bonchev–Trinajstić information content (AvgIpc) is 3.41. The number of carbonyl (C=O) groups excluding carboxylic acids is 1. The summed E-state index contributed by atoms with van der Waals surface area (Å²) in [5, 5.41) is 9.89. The van der Waals surface area contributed by atoms with Gasteiger partial charge in [0.1, 0.15) is 5.75 Å². The first-order valence-corrected chi connectivity index (χ1v) is 8.63. The molecule has 0 bridgehead atoms. The Balaban J connectivity index is 1.87. The second-order valence-electron chi connectivity index (χ2n) is 6.68. The minimum absolute atomic E-state index is 0.177. The molecule has 3 unspecified atom stereocenters. The molecule has 0 saturated heterocycles. The largest absolute Gasteiger partial charge is 0.437 e. The van der Waals surface area contributed by atoms with Crippen LogP contribution in [-0.2, 0) is 15.3 Å². The van der Waals surface area contributed by atoms with Gasteiger partial charge in [-0.1, -0.05) is 60.2 Å². The van der Waals surface area contributed by atoms with E-state index in [4.69, 9.17) is 9.47 Å². The van der Waals surface area contributed by atoms with Crippen molar-refractivity contribution in [1.29, 1.82) is 5.26 Å². The molecular weight excluding hydrogens is 326 g/mol. The third kappa shape index (κ3) is 3.94. The van der Waals surface area contributed by atoms with E-state index in [0.717, 1.165) is 6.42 Å². The average molecular weight is 347 g/mol. The molecule has 0 radical (unpaired) electrons. The van der Waals surface area contributed by atoms with Gasteiger partial charge >= 0.3 is 11.8 Å². The second-order valence-corrected chi connectivity index (χ2v) is 6.68. The molecular formula is C22H21NO3. The molecule has 0 N–H and O–H groups in total. The normalized spacial score (nSPS) is 20.2. The second kappa shape index (κ2) is 7.45. The van der Waals surface area contributed by atoms with Crippen LogP contribution in [0.2, 0.25) is 0 Å². The van der Waals surface area contributed by atoms with E-state index < -0.39 is 11.8 Å². The number of carbonyl (C=O) groups is 1. The van der Waals surface area contributed by atoms with Crippen LogP contribution in [0.3, 0.4) is 0 Å². The van der Waals surface area contributed by atoms with Crippen LogP contribution in [-0.4, -0.2) is 5.97 Å². The van der Waals surface area contributed by atoms with Gasteiger partial charge in [-0.15, -0.1) is 0 Å². The molecule has 3 rings (SSSR count). The minimum Gasteiger partial charge on any atom is -0.437 e. The lowest BCUT2D eigenvalue weighted by molar-refractivity contribution is -0.185. The number of rotatable bonds is 6. The highest BCUT2D eigenvalue weighted by atomic mass is 16.7. The van der Waals surface area contributed by atoms with Gasteiger partial charge in [0.15, 0.2) is 6.07 Å². The van der Waals surface area contributed by atoms with Crippen molar-refractivity contribution in [3.05, 3.63) is 77.9 Å². The Kier molecular flexibility index (Phi) is 5.09. The molecule has 0 heterocycles. The van der Waals surface area contributed by atoms with Gasteiger partial charge < -0.3 is 9.47 Å². The summed E-state index contributed by atoms with van der Waals surface area (Å²) in [6, 6.07) is 19.8. The third-order valence-corrected chi connectivity index (χ3v) is 4.24. The Bertz CT molecular complexity index is 835. The van der Waals surface area contributed by atoms with Crippen molar-refractivity contribution in [2.75, 3.05) is 0 Å². The SMILES string of the molecule is CC(C)=CC1CC1C(=O)OC(C#N)(Oc1ccccc1)c1ccccc1. The standard InChI is InChI=1S/C22H21NO3/c1-16(2)13-17-14-20(17)21(24)26-22(15-23,18-9-5-3-6-10-18)25-19-11-7-4-8-12-19/h3-13,17,20H,14H2,1-2H3. The Hall–Kier alpha value is -3.06. The van der Waals surface area contributed by atoms with E-state index in [1.165, 1.54) is 5.57 Å². The summed E-state index contributed by atoms with van der Waals surface area (Å²) in [6.45, 7) is 4.01. The molecule has 0 aliphatic heterocycles. The molecule has 2 aromatic carbocycles. The van der Waals surface area contributed by atoms with E-state index in [0.29, 0.717) is 11.3 Å². The predicted molar refractivity (Wildman–Crippen MR) is 97.9 cm³/mol. The Labute approximate surface area is 153 Å². The van der Waals surface area contributed by atoms with Gasteiger partial charge in [-0.05, 0) is 38.3 Å². The molecule has 0 amide bonds. The van der Waals surface area contributed by atoms with Gasteiger partial charge in [0.05, 0.1) is 11.5 Å². The van der Waals surface area contributed by atoms with Gasteiger partial charge in [-0.2, -0.15) is 5.26 Å². The summed E-state index contributed by atoms with van der Waals surface area (Å²) >= 11 is 0. The summed E-state index contributed by atoms with van der Waals surface area (Å²) in [4.78, 5) is 12.7. The summed E-state index contributed by atoms with van der Waals surface area (Å²) in [5.41, 5.74) is 1.65. The van der Waals surface area contributed by atoms with Crippen molar-refractivity contribution in [2.24, 2.45) is 11.8 Å². The first kappa shape index (κ1) is 17.8. The Morgan fingerprint density at radius 3 is 2.31 bits per heavy atom. The third-order valence-electron chi connectivity index (χ3n) is 4.24. The maximum Gasteiger partial charge on any atom is 0.372 e. The molecule has 4 heteroatoms. The predicted octanol–water partition coefficient (Wildman–Crippen LogP) is 4.59. The van der Waals surface area contributed by atoms with Gasteiger partial charge in [-0.3, -0.25) is 4.79 Å². The van der Waals surface area contributed by atoms with Crippen LogP contribution in [0.15, 0.2) is 72.3 Å². The van der Waals surface area contributed by atoms with E-state index in [2.05, 4.69) is 12.1 Å². The number of nitriles is 1. The summed E-state index contributed by atoms with van der Waals surface area (Å²) in [6.07, 6.45) is 2.81. The number of hydrogen-bond donors (Lipinski definition) is 0. The maximum absolute atomic E-state index is 12.7. The van der Waals surface area contributed by atoms with Crippen LogP contribution >= 0.6 is 0 Å². The lowest BCUT2D eigenvalue weighted by atomic mass is 10.1. The minimum atomic E-state index is -1.81. The molecule has 1 aliphatic rings.